The van der Waals surface area contributed by atoms with Crippen molar-refractivity contribution in [2.45, 2.75) is 42.7 Å². The quantitative estimate of drug-likeness (QED) is 0.0490. The van der Waals surface area contributed by atoms with Crippen LogP contribution in [0.15, 0.2) is 118 Å². The molecular weight excluding hydrogens is 1180 g/mol. The first-order valence-electron chi connectivity index (χ1n) is 20.0. The molecule has 0 radical (unpaired) electrons. The second kappa shape index (κ2) is 23.8. The number of fused-ring (bicyclic) bond motifs is 4. The molecule has 0 spiro atoms. The second-order valence-corrected chi connectivity index (χ2v) is 20.2. The maximum Gasteiger partial charge on any atom is 0.395 e. The van der Waals surface area contributed by atoms with E-state index in [0.29, 0.717) is 21.0 Å². The van der Waals surface area contributed by atoms with E-state index in [1.807, 2.05) is 70.5 Å². The number of aliphatic carboxylic acids is 1. The van der Waals surface area contributed by atoms with E-state index in [4.69, 9.17) is 5.11 Å². The van der Waals surface area contributed by atoms with Gasteiger partial charge in [0.25, 0.3) is 0 Å². The number of nitrogens with zero attached hydrogens (tertiary/aromatic N) is 1. The Bertz CT molecular complexity index is 3240. The summed E-state index contributed by atoms with van der Waals surface area (Å²) in [5.41, 5.74) is 2.09. The standard InChI is InChI=1S/C22H13F2NO3S.C13H11BrF2O3S.C9H5BrOS.C4H5BrF2O2/c23-22(24,21(27)28)20(26)19-10-17-15(6-3-7-18(17)29-19)16-9-8-12(11-25)13-4-1-2-5-14(13)16;1-2-19-12(18)13(15,16)11(17)10-6-7-8(14)4-3-5-9(7)20-10;10-8-2-1-3-9-7(8)4-6(5-11)12-9;1-2-9-3(8)4(5,6)7/h1-10,20,26H,(H,27,28);3-6,11,17H,2H2,1H3;1-5H;2H2,1H3. The summed E-state index contributed by atoms with van der Waals surface area (Å²) in [5, 5.41) is 41.9. The first kappa shape index (κ1) is 55.7. The smallest absolute Gasteiger partial charge is 0.395 e. The van der Waals surface area contributed by atoms with Crippen LogP contribution in [0.5, 0.6) is 0 Å². The van der Waals surface area contributed by atoms with Crippen molar-refractivity contribution in [3.05, 3.63) is 138 Å². The van der Waals surface area contributed by atoms with Gasteiger partial charge in [-0.3, -0.25) is 4.79 Å². The van der Waals surface area contributed by atoms with Crippen molar-refractivity contribution in [2.75, 3.05) is 13.2 Å². The molecule has 8 rings (SSSR count). The van der Waals surface area contributed by atoms with Gasteiger partial charge in [-0.2, -0.15) is 31.6 Å². The topological polar surface area (TPSA) is 171 Å². The zero-order valence-corrected chi connectivity index (χ0v) is 43.1. The number of hydrogen-bond donors (Lipinski definition) is 3. The molecule has 0 aliphatic carbocycles. The highest BCUT2D eigenvalue weighted by atomic mass is 79.9. The van der Waals surface area contributed by atoms with Gasteiger partial charge in [-0.1, -0.05) is 86.5 Å². The molecule has 0 aliphatic rings. The van der Waals surface area contributed by atoms with Crippen molar-refractivity contribution in [3.63, 3.8) is 0 Å². The molecule has 0 saturated heterocycles. The van der Waals surface area contributed by atoms with Crippen LogP contribution in [0.2, 0.25) is 0 Å². The highest BCUT2D eigenvalue weighted by Crippen LogP contribution is 2.43. The molecule has 8 aromatic rings. The molecule has 0 aliphatic heterocycles. The average molecular weight is 1220 g/mol. The summed E-state index contributed by atoms with van der Waals surface area (Å²) in [7, 11) is 0. The Hall–Kier alpha value is -5.25. The highest BCUT2D eigenvalue weighted by molar-refractivity contribution is 9.11. The number of nitriles is 1. The first-order chi connectivity index (χ1) is 33.0. The van der Waals surface area contributed by atoms with Gasteiger partial charge < -0.3 is 24.8 Å². The summed E-state index contributed by atoms with van der Waals surface area (Å²) in [5.74, 6) is -13.9. The van der Waals surface area contributed by atoms with Gasteiger partial charge in [-0.25, -0.2) is 14.4 Å². The van der Waals surface area contributed by atoms with Crippen molar-refractivity contribution < 1.29 is 70.3 Å². The van der Waals surface area contributed by atoms with Crippen LogP contribution in [0.4, 0.5) is 26.3 Å². The van der Waals surface area contributed by atoms with Crippen LogP contribution in [-0.2, 0) is 23.9 Å². The van der Waals surface area contributed by atoms with E-state index >= 15 is 0 Å². The van der Waals surface area contributed by atoms with E-state index in [1.165, 1.54) is 37.3 Å². The summed E-state index contributed by atoms with van der Waals surface area (Å²) in [6.07, 6.45) is -3.77. The van der Waals surface area contributed by atoms with Gasteiger partial charge in [0.15, 0.2) is 18.5 Å². The van der Waals surface area contributed by atoms with E-state index < -0.39 is 46.8 Å². The number of thiophene rings is 3. The Balaban J connectivity index is 0.000000192. The minimum atomic E-state index is -4.29. The van der Waals surface area contributed by atoms with Gasteiger partial charge in [-0.15, -0.1) is 34.0 Å². The number of carboxylic acids is 1. The van der Waals surface area contributed by atoms with Crippen LogP contribution < -0.4 is 0 Å². The van der Waals surface area contributed by atoms with E-state index in [2.05, 4.69) is 47.4 Å². The molecule has 2 atom stereocenters. The van der Waals surface area contributed by atoms with E-state index in [9.17, 15) is 61.0 Å². The lowest BCUT2D eigenvalue weighted by atomic mass is 9.93. The maximum atomic E-state index is 13.8. The summed E-state index contributed by atoms with van der Waals surface area (Å²) in [6.45, 7) is 2.67. The Kier molecular flexibility index (Phi) is 18.9. The normalized spacial score (nSPS) is 12.3. The van der Waals surface area contributed by atoms with Gasteiger partial charge in [0, 0.05) is 70.3 Å². The molecule has 3 N–H and O–H groups in total. The number of halogens is 9. The van der Waals surface area contributed by atoms with Gasteiger partial charge >= 0.3 is 34.6 Å². The second-order valence-electron chi connectivity index (χ2n) is 14.2. The van der Waals surface area contributed by atoms with Crippen LogP contribution in [0, 0.1) is 11.3 Å². The Morgan fingerprint density at radius 2 is 1.11 bits per heavy atom. The molecule has 0 saturated carbocycles. The number of carboxylic acid groups (broad SMARTS) is 1. The van der Waals surface area contributed by atoms with Crippen molar-refractivity contribution in [3.8, 4) is 17.2 Å². The van der Waals surface area contributed by atoms with Crippen LogP contribution in [-0.4, -0.2) is 69.4 Å². The van der Waals surface area contributed by atoms with E-state index in [1.54, 1.807) is 42.5 Å². The summed E-state index contributed by atoms with van der Waals surface area (Å²) < 4.78 is 91.2. The Morgan fingerprint density at radius 3 is 1.60 bits per heavy atom. The lowest BCUT2D eigenvalue weighted by molar-refractivity contribution is -0.188. The number of aldehydes is 1. The van der Waals surface area contributed by atoms with Crippen molar-refractivity contribution in [2.24, 2.45) is 0 Å². The lowest BCUT2D eigenvalue weighted by Gasteiger charge is -2.19. The zero-order valence-electron chi connectivity index (χ0n) is 35.9. The third kappa shape index (κ3) is 12.8. The van der Waals surface area contributed by atoms with E-state index in [0.717, 1.165) is 79.5 Å². The molecule has 0 amide bonds. The number of benzene rings is 5. The Labute approximate surface area is 431 Å². The number of esters is 2. The molecule has 3 heterocycles. The molecule has 10 nitrogen and oxygen atoms in total. The number of carbonyl (C=O) groups is 4. The van der Waals surface area contributed by atoms with Crippen LogP contribution in [0.1, 0.15) is 51.0 Å². The van der Waals surface area contributed by atoms with E-state index in [-0.39, 0.29) is 23.0 Å². The highest BCUT2D eigenvalue weighted by Gasteiger charge is 2.50. The van der Waals surface area contributed by atoms with Crippen LogP contribution in [0.3, 0.4) is 0 Å². The molecule has 366 valence electrons. The number of aliphatic hydroxyl groups is 2. The molecule has 0 bridgehead atoms. The van der Waals surface area contributed by atoms with Crippen molar-refractivity contribution in [1.82, 2.24) is 0 Å². The third-order valence-corrected chi connectivity index (χ3v) is 14.7. The molecule has 5 aromatic carbocycles. The third-order valence-electron chi connectivity index (χ3n) is 9.65. The number of carbonyl (C=O) groups excluding carboxylic acids is 3. The predicted molar refractivity (Wildman–Crippen MR) is 269 cm³/mol. The van der Waals surface area contributed by atoms with Gasteiger partial charge in [0.2, 0.25) is 0 Å². The van der Waals surface area contributed by atoms with Gasteiger partial charge in [0.1, 0.15) is 0 Å². The molecular formula is C48H34Br3F6NO9S3. The fourth-order valence-corrected chi connectivity index (χ4v) is 10.9. The zero-order chi connectivity index (χ0) is 51.7. The first-order valence-corrected chi connectivity index (χ1v) is 24.9. The Morgan fingerprint density at radius 1 is 0.643 bits per heavy atom. The van der Waals surface area contributed by atoms with Crippen molar-refractivity contribution >= 4 is 147 Å². The molecule has 2 unspecified atom stereocenters. The van der Waals surface area contributed by atoms with Crippen LogP contribution >= 0.6 is 81.8 Å². The predicted octanol–water partition coefficient (Wildman–Crippen LogP) is 14.3. The summed E-state index contributed by atoms with van der Waals surface area (Å²) in [4.78, 5) is 39.7. The number of hydrogen-bond acceptors (Lipinski definition) is 12. The lowest BCUT2D eigenvalue weighted by Crippen LogP contribution is -2.37. The van der Waals surface area contributed by atoms with Gasteiger partial charge in [0.05, 0.1) is 29.7 Å². The fourth-order valence-electron chi connectivity index (χ4n) is 6.39. The minimum absolute atomic E-state index is 0.0185. The molecule has 22 heteroatoms. The van der Waals surface area contributed by atoms with Crippen LogP contribution in [0.25, 0.3) is 52.2 Å². The maximum absolute atomic E-state index is 13.8. The summed E-state index contributed by atoms with van der Waals surface area (Å²) in [6, 6.07) is 34.4. The largest absolute Gasteiger partial charge is 0.477 e. The average Bonchev–Trinajstić information content (AvgIpc) is 4.09. The monoisotopic (exact) mass is 1210 g/mol. The SMILES string of the molecule is CCOC(=O)C(F)(F)Br.CCOC(=O)C(F)(F)C(O)c1cc2c(Br)cccc2s1.N#Cc1ccc(-c2cccc3sc(C(O)C(F)(F)C(=O)O)cc23)c2ccccc12.O=Cc1cc2c(Br)cccc2s1. The molecule has 70 heavy (non-hydrogen) atoms. The number of aliphatic hydroxyl groups excluding tert-OH is 2. The number of ether oxygens (including phenoxy) is 2. The summed E-state index contributed by atoms with van der Waals surface area (Å²) >= 11 is 12.0. The minimum Gasteiger partial charge on any atom is -0.477 e. The van der Waals surface area contributed by atoms with Crippen molar-refractivity contribution in [1.29, 1.82) is 5.26 Å². The number of rotatable bonds is 11. The number of alkyl halides is 7. The fraction of sp³-hybridized carbons (Fsp3) is 0.188. The molecule has 3 aromatic heterocycles. The van der Waals surface area contributed by atoms with Gasteiger partial charge in [-0.05, 0) is 85.0 Å². The molecule has 0 fully saturated rings.